The lowest BCUT2D eigenvalue weighted by Gasteiger charge is -2.13. The van der Waals surface area contributed by atoms with E-state index in [9.17, 15) is 8.42 Å². The van der Waals surface area contributed by atoms with Crippen LogP contribution < -0.4 is 15.4 Å². The first kappa shape index (κ1) is 20.2. The second-order valence-corrected chi connectivity index (χ2v) is 8.75. The lowest BCUT2D eigenvalue weighted by Crippen LogP contribution is -2.20. The molecule has 3 N–H and O–H groups in total. The number of nitrogens with zero attached hydrogens (tertiary/aromatic N) is 2. The van der Waals surface area contributed by atoms with Crippen LogP contribution >= 0.6 is 28.1 Å². The van der Waals surface area contributed by atoms with Crippen LogP contribution in [0, 0.1) is 6.92 Å². The standard InChI is InChI=1S/C18H16BrN5O2S2/c1-12-11-13(19)3-8-16(12)23-18(27)22-14-4-6-15(7-5-14)28(25,26)24-17-20-9-2-10-21-17/h2-11H,1H3,(H,20,21,24)(H2,22,23,27). The third kappa shape index (κ3) is 5.24. The van der Waals surface area contributed by atoms with Crippen LogP contribution in [0.25, 0.3) is 0 Å². The molecule has 0 saturated heterocycles. The van der Waals surface area contributed by atoms with Crippen molar-refractivity contribution in [3.05, 3.63) is 71.0 Å². The number of aryl methyl sites for hydroxylation is 1. The zero-order valence-corrected chi connectivity index (χ0v) is 17.9. The van der Waals surface area contributed by atoms with Gasteiger partial charge in [-0.2, -0.15) is 0 Å². The second-order valence-electron chi connectivity index (χ2n) is 5.74. The van der Waals surface area contributed by atoms with Gasteiger partial charge in [-0.05, 0) is 73.2 Å². The molecule has 7 nitrogen and oxygen atoms in total. The van der Waals surface area contributed by atoms with E-state index in [1.165, 1.54) is 24.5 Å². The lowest BCUT2D eigenvalue weighted by atomic mass is 10.2. The van der Waals surface area contributed by atoms with Gasteiger partial charge in [0, 0.05) is 28.2 Å². The number of rotatable bonds is 5. The number of aromatic nitrogens is 2. The molecule has 3 aromatic rings. The van der Waals surface area contributed by atoms with Gasteiger partial charge < -0.3 is 10.6 Å². The van der Waals surface area contributed by atoms with Crippen molar-refractivity contribution in [1.82, 2.24) is 9.97 Å². The average Bonchev–Trinajstić information content (AvgIpc) is 2.65. The van der Waals surface area contributed by atoms with Gasteiger partial charge in [0.1, 0.15) is 0 Å². The topological polar surface area (TPSA) is 96.0 Å². The molecule has 0 aliphatic rings. The van der Waals surface area contributed by atoms with Crippen LogP contribution in [0.2, 0.25) is 0 Å². The maximum absolute atomic E-state index is 12.4. The quantitative estimate of drug-likeness (QED) is 0.474. The van der Waals surface area contributed by atoms with Crippen LogP contribution in [0.1, 0.15) is 5.56 Å². The first-order chi connectivity index (χ1) is 13.3. The van der Waals surface area contributed by atoms with Crippen molar-refractivity contribution in [2.45, 2.75) is 11.8 Å². The van der Waals surface area contributed by atoms with E-state index >= 15 is 0 Å². The van der Waals surface area contributed by atoms with Crippen molar-refractivity contribution in [2.24, 2.45) is 0 Å². The highest BCUT2D eigenvalue weighted by Crippen LogP contribution is 2.21. The van der Waals surface area contributed by atoms with E-state index in [1.807, 2.05) is 25.1 Å². The van der Waals surface area contributed by atoms with Crippen LogP contribution in [0.5, 0.6) is 0 Å². The first-order valence-corrected chi connectivity index (χ1v) is 10.8. The molecule has 0 atom stereocenters. The predicted octanol–water partition coefficient (Wildman–Crippen LogP) is 4.16. The van der Waals surface area contributed by atoms with E-state index in [0.29, 0.717) is 10.8 Å². The Labute approximate surface area is 176 Å². The monoisotopic (exact) mass is 477 g/mol. The fourth-order valence-corrected chi connectivity index (χ4v) is 3.96. The highest BCUT2D eigenvalue weighted by Gasteiger charge is 2.15. The van der Waals surface area contributed by atoms with E-state index < -0.39 is 10.0 Å². The van der Waals surface area contributed by atoms with Crippen LogP contribution in [0.3, 0.4) is 0 Å². The maximum Gasteiger partial charge on any atom is 0.264 e. The molecule has 0 unspecified atom stereocenters. The molecule has 0 aliphatic heterocycles. The molecule has 0 radical (unpaired) electrons. The van der Waals surface area contributed by atoms with E-state index in [2.05, 4.69) is 41.3 Å². The lowest BCUT2D eigenvalue weighted by molar-refractivity contribution is 0.601. The largest absolute Gasteiger partial charge is 0.332 e. The Balaban J connectivity index is 1.66. The minimum absolute atomic E-state index is 0.0138. The second kappa shape index (κ2) is 8.63. The summed E-state index contributed by atoms with van der Waals surface area (Å²) in [5.74, 6) is 0.0138. The number of halogens is 1. The van der Waals surface area contributed by atoms with Gasteiger partial charge >= 0.3 is 0 Å². The minimum atomic E-state index is -3.77. The molecule has 10 heteroatoms. The van der Waals surface area contributed by atoms with Gasteiger partial charge in [-0.15, -0.1) is 0 Å². The molecule has 0 fully saturated rings. The van der Waals surface area contributed by atoms with Crippen molar-refractivity contribution < 1.29 is 8.42 Å². The summed E-state index contributed by atoms with van der Waals surface area (Å²) in [5, 5.41) is 6.54. The molecule has 0 amide bonds. The molecule has 0 saturated carbocycles. The third-order valence-electron chi connectivity index (χ3n) is 3.65. The van der Waals surface area contributed by atoms with E-state index in [-0.39, 0.29) is 10.8 Å². The van der Waals surface area contributed by atoms with Gasteiger partial charge in [0.15, 0.2) is 5.11 Å². The van der Waals surface area contributed by atoms with Gasteiger partial charge in [-0.25, -0.2) is 23.1 Å². The van der Waals surface area contributed by atoms with Crippen LogP contribution in [0.4, 0.5) is 17.3 Å². The third-order valence-corrected chi connectivity index (χ3v) is 5.69. The Bertz CT molecular complexity index is 1090. The van der Waals surface area contributed by atoms with Crippen molar-refractivity contribution in [3.8, 4) is 0 Å². The number of thiocarbonyl (C=S) groups is 1. The van der Waals surface area contributed by atoms with Crippen LogP contribution in [-0.2, 0) is 10.0 Å². The smallest absolute Gasteiger partial charge is 0.264 e. The molecular weight excluding hydrogens is 462 g/mol. The van der Waals surface area contributed by atoms with Gasteiger partial charge in [0.25, 0.3) is 10.0 Å². The summed E-state index contributed by atoms with van der Waals surface area (Å²) in [6, 6.07) is 13.6. The molecule has 0 aliphatic carbocycles. The van der Waals surface area contributed by atoms with Crippen LogP contribution in [0.15, 0.2) is 70.3 Å². The zero-order valence-electron chi connectivity index (χ0n) is 14.7. The van der Waals surface area contributed by atoms with Crippen molar-refractivity contribution >= 4 is 60.6 Å². The molecule has 3 rings (SSSR count). The van der Waals surface area contributed by atoms with E-state index in [1.54, 1.807) is 18.2 Å². The van der Waals surface area contributed by atoms with E-state index in [0.717, 1.165) is 15.7 Å². The first-order valence-electron chi connectivity index (χ1n) is 8.07. The van der Waals surface area contributed by atoms with Gasteiger partial charge in [0.05, 0.1) is 4.90 Å². The summed E-state index contributed by atoms with van der Waals surface area (Å²) >= 11 is 8.74. The summed E-state index contributed by atoms with van der Waals surface area (Å²) in [6.07, 6.45) is 2.91. The Morgan fingerprint density at radius 1 is 1.04 bits per heavy atom. The summed E-state index contributed by atoms with van der Waals surface area (Å²) in [7, 11) is -3.77. The summed E-state index contributed by atoms with van der Waals surface area (Å²) < 4.78 is 28.1. The number of anilines is 3. The number of hydrogen-bond donors (Lipinski definition) is 3. The van der Waals surface area contributed by atoms with Crippen molar-refractivity contribution in [3.63, 3.8) is 0 Å². The minimum Gasteiger partial charge on any atom is -0.332 e. The maximum atomic E-state index is 12.4. The van der Waals surface area contributed by atoms with Crippen molar-refractivity contribution in [2.75, 3.05) is 15.4 Å². The normalized spacial score (nSPS) is 10.9. The molecule has 0 bridgehead atoms. The number of sulfonamides is 1. The Hall–Kier alpha value is -2.56. The zero-order chi connectivity index (χ0) is 20.1. The Morgan fingerprint density at radius 3 is 2.36 bits per heavy atom. The highest BCUT2D eigenvalue weighted by atomic mass is 79.9. The predicted molar refractivity (Wildman–Crippen MR) is 118 cm³/mol. The average molecular weight is 478 g/mol. The van der Waals surface area contributed by atoms with Crippen LogP contribution in [-0.4, -0.2) is 23.5 Å². The summed E-state index contributed by atoms with van der Waals surface area (Å²) in [6.45, 7) is 1.97. The molecule has 144 valence electrons. The Kier molecular flexibility index (Phi) is 6.22. The number of nitrogens with one attached hydrogen (secondary N) is 3. The van der Waals surface area contributed by atoms with Gasteiger partial charge in [0.2, 0.25) is 5.95 Å². The number of hydrogen-bond acceptors (Lipinski definition) is 5. The molecule has 1 aromatic heterocycles. The molecular formula is C18H16BrN5O2S2. The number of benzene rings is 2. The van der Waals surface area contributed by atoms with E-state index in [4.69, 9.17) is 12.2 Å². The summed E-state index contributed by atoms with van der Waals surface area (Å²) in [4.78, 5) is 7.80. The SMILES string of the molecule is Cc1cc(Br)ccc1NC(=S)Nc1ccc(S(=O)(=O)Nc2ncccn2)cc1. The fourth-order valence-electron chi connectivity index (χ4n) is 2.30. The Morgan fingerprint density at radius 2 is 1.71 bits per heavy atom. The van der Waals surface area contributed by atoms with Gasteiger partial charge in [-0.3, -0.25) is 0 Å². The molecule has 28 heavy (non-hydrogen) atoms. The fraction of sp³-hybridized carbons (Fsp3) is 0.0556. The molecule has 1 heterocycles. The molecule has 2 aromatic carbocycles. The summed E-state index contributed by atoms with van der Waals surface area (Å²) in [5.41, 5.74) is 2.57. The highest BCUT2D eigenvalue weighted by molar-refractivity contribution is 9.10. The van der Waals surface area contributed by atoms with Crippen molar-refractivity contribution in [1.29, 1.82) is 0 Å². The van der Waals surface area contributed by atoms with Gasteiger partial charge in [-0.1, -0.05) is 15.9 Å². The molecule has 0 spiro atoms.